The molecule has 29 heavy (non-hydrogen) atoms. The zero-order valence-corrected chi connectivity index (χ0v) is 17.8. The van der Waals surface area contributed by atoms with Crippen molar-refractivity contribution in [3.63, 3.8) is 0 Å². The third-order valence-electron chi connectivity index (χ3n) is 4.88. The molecule has 0 aliphatic rings. The molecule has 2 rings (SSSR count). The molecule has 0 spiro atoms. The van der Waals surface area contributed by atoms with E-state index >= 15 is 0 Å². The molecule has 0 fully saturated rings. The molecule has 0 radical (unpaired) electrons. The summed E-state index contributed by atoms with van der Waals surface area (Å²) in [4.78, 5) is 13.8. The average molecular weight is 392 g/mol. The number of hydrogen-bond acceptors (Lipinski definition) is 2. The van der Waals surface area contributed by atoms with Crippen LogP contribution in [0.3, 0.4) is 0 Å². The van der Waals surface area contributed by atoms with E-state index in [1.807, 2.05) is 54.6 Å². The third kappa shape index (κ3) is 8.87. The van der Waals surface area contributed by atoms with Gasteiger partial charge in [0.05, 0.1) is 6.61 Å². The van der Waals surface area contributed by atoms with Crippen molar-refractivity contribution in [2.24, 2.45) is 0 Å². The maximum Gasteiger partial charge on any atom is 0.302 e. The van der Waals surface area contributed by atoms with Gasteiger partial charge in [0.25, 0.3) is 0 Å². The molecule has 0 N–H and O–H groups in total. The monoisotopic (exact) mass is 391 g/mol. The van der Waals surface area contributed by atoms with Gasteiger partial charge in [-0.15, -0.1) is 0 Å². The van der Waals surface area contributed by atoms with Crippen LogP contribution in [0.2, 0.25) is 0 Å². The number of benzene rings is 2. The Morgan fingerprint density at radius 2 is 1.48 bits per heavy atom. The molecule has 1 amide bonds. The summed E-state index contributed by atoms with van der Waals surface area (Å²) in [5, 5.41) is 0. The lowest BCUT2D eigenvalue weighted by molar-refractivity contribution is -0.113. The summed E-state index contributed by atoms with van der Waals surface area (Å²) in [6, 6.07) is 17.1. The number of unbranched alkanes of at least 4 members (excludes halogenated alkanes) is 7. The molecular formula is C26H33NO2. The van der Waals surface area contributed by atoms with Crippen molar-refractivity contribution in [3.8, 4) is 17.6 Å². The molecule has 2 aromatic carbocycles. The van der Waals surface area contributed by atoms with Gasteiger partial charge in [-0.05, 0) is 42.8 Å². The molecule has 2 aromatic rings. The normalized spacial score (nSPS) is 10.1. The lowest BCUT2D eigenvalue weighted by Crippen LogP contribution is -2.24. The number of ether oxygens (including phenoxy) is 1. The van der Waals surface area contributed by atoms with Gasteiger partial charge in [0, 0.05) is 24.2 Å². The summed E-state index contributed by atoms with van der Waals surface area (Å²) in [6.45, 7) is 2.99. The molecule has 154 valence electrons. The van der Waals surface area contributed by atoms with E-state index in [0.29, 0.717) is 0 Å². The van der Waals surface area contributed by atoms with E-state index in [9.17, 15) is 4.79 Å². The van der Waals surface area contributed by atoms with Gasteiger partial charge in [0.15, 0.2) is 0 Å². The Hall–Kier alpha value is -2.73. The van der Waals surface area contributed by atoms with Gasteiger partial charge in [0.2, 0.25) is 0 Å². The molecule has 3 nitrogen and oxygen atoms in total. The van der Waals surface area contributed by atoms with E-state index in [1.54, 1.807) is 11.9 Å². The minimum atomic E-state index is -0.235. The van der Waals surface area contributed by atoms with Crippen LogP contribution in [0.4, 0.5) is 5.69 Å². The highest BCUT2D eigenvalue weighted by Gasteiger charge is 2.08. The van der Waals surface area contributed by atoms with Crippen LogP contribution in [-0.2, 0) is 4.79 Å². The van der Waals surface area contributed by atoms with Crippen molar-refractivity contribution in [2.75, 3.05) is 18.6 Å². The molecule has 0 bridgehead atoms. The number of nitrogens with zero attached hydrogens (tertiary/aromatic N) is 1. The van der Waals surface area contributed by atoms with Gasteiger partial charge < -0.3 is 9.64 Å². The first-order valence-corrected chi connectivity index (χ1v) is 10.8. The Morgan fingerprint density at radius 3 is 2.14 bits per heavy atom. The lowest BCUT2D eigenvalue weighted by Gasteiger charge is -2.14. The Bertz CT molecular complexity index is 772. The fourth-order valence-electron chi connectivity index (χ4n) is 3.04. The van der Waals surface area contributed by atoms with Crippen LogP contribution in [0, 0.1) is 11.8 Å². The van der Waals surface area contributed by atoms with Crippen LogP contribution in [-0.4, -0.2) is 19.6 Å². The molecule has 0 aliphatic carbocycles. The highest BCUT2D eigenvalue weighted by Crippen LogP contribution is 2.19. The fourth-order valence-corrected chi connectivity index (χ4v) is 3.04. The minimum absolute atomic E-state index is 0.235. The van der Waals surface area contributed by atoms with E-state index in [2.05, 4.69) is 18.8 Å². The number of amides is 1. The lowest BCUT2D eigenvalue weighted by atomic mass is 10.1. The van der Waals surface area contributed by atoms with E-state index in [4.69, 9.17) is 4.74 Å². The van der Waals surface area contributed by atoms with Crippen molar-refractivity contribution >= 4 is 11.6 Å². The Morgan fingerprint density at radius 1 is 0.862 bits per heavy atom. The minimum Gasteiger partial charge on any atom is -0.494 e. The average Bonchev–Trinajstić information content (AvgIpc) is 2.77. The van der Waals surface area contributed by atoms with Crippen molar-refractivity contribution in [3.05, 3.63) is 60.2 Å². The number of anilines is 1. The smallest absolute Gasteiger partial charge is 0.302 e. The second-order valence-corrected chi connectivity index (χ2v) is 7.30. The van der Waals surface area contributed by atoms with Crippen molar-refractivity contribution in [1.29, 1.82) is 0 Å². The first-order valence-electron chi connectivity index (χ1n) is 10.8. The standard InChI is InChI=1S/C26H33NO2/c1-3-4-5-6-7-8-9-13-22-29-25-19-17-24(18-20-25)27(2)26(28)21-16-23-14-11-10-12-15-23/h10-12,14-15,17-20H,3-9,13,22H2,1-2H3. The summed E-state index contributed by atoms with van der Waals surface area (Å²) >= 11 is 0. The van der Waals surface area contributed by atoms with E-state index in [1.165, 1.54) is 44.9 Å². The van der Waals surface area contributed by atoms with Crippen molar-refractivity contribution in [1.82, 2.24) is 0 Å². The van der Waals surface area contributed by atoms with Crippen LogP contribution in [0.25, 0.3) is 0 Å². The molecule has 0 aromatic heterocycles. The highest BCUT2D eigenvalue weighted by atomic mass is 16.5. The topological polar surface area (TPSA) is 29.5 Å². The summed E-state index contributed by atoms with van der Waals surface area (Å²) in [7, 11) is 1.73. The SMILES string of the molecule is CCCCCCCCCCOc1ccc(N(C)C(=O)C#Cc2ccccc2)cc1. The number of hydrogen-bond donors (Lipinski definition) is 0. The molecule has 0 saturated carbocycles. The zero-order valence-electron chi connectivity index (χ0n) is 17.8. The predicted octanol–water partition coefficient (Wildman–Crippen LogP) is 6.22. The van der Waals surface area contributed by atoms with Gasteiger partial charge in [-0.1, -0.05) is 76.0 Å². The maximum absolute atomic E-state index is 12.3. The number of carbonyl (C=O) groups is 1. The first kappa shape index (κ1) is 22.6. The van der Waals surface area contributed by atoms with Gasteiger partial charge in [0.1, 0.15) is 5.75 Å². The van der Waals surface area contributed by atoms with Crippen LogP contribution >= 0.6 is 0 Å². The zero-order chi connectivity index (χ0) is 20.7. The maximum atomic E-state index is 12.3. The van der Waals surface area contributed by atoms with Crippen LogP contribution in [0.15, 0.2) is 54.6 Å². The largest absolute Gasteiger partial charge is 0.494 e. The van der Waals surface area contributed by atoms with Gasteiger partial charge in [-0.2, -0.15) is 0 Å². The number of rotatable bonds is 11. The second-order valence-electron chi connectivity index (χ2n) is 7.30. The molecule has 0 heterocycles. The molecule has 0 saturated heterocycles. The Labute approximate surface area is 176 Å². The van der Waals surface area contributed by atoms with Gasteiger partial charge in [-0.25, -0.2) is 0 Å². The fraction of sp³-hybridized carbons (Fsp3) is 0.423. The van der Waals surface area contributed by atoms with E-state index in [-0.39, 0.29) is 5.91 Å². The van der Waals surface area contributed by atoms with Crippen molar-refractivity contribution in [2.45, 2.75) is 58.3 Å². The van der Waals surface area contributed by atoms with Gasteiger partial charge in [-0.3, -0.25) is 4.79 Å². The molecule has 0 unspecified atom stereocenters. The quantitative estimate of drug-likeness (QED) is 0.336. The summed E-state index contributed by atoms with van der Waals surface area (Å²) in [6.07, 6.45) is 10.3. The Kier molecular flexibility index (Phi) is 10.5. The molecule has 3 heteroatoms. The highest BCUT2D eigenvalue weighted by molar-refractivity contribution is 6.05. The summed E-state index contributed by atoms with van der Waals surface area (Å²) in [5.74, 6) is 6.19. The van der Waals surface area contributed by atoms with Crippen LogP contribution < -0.4 is 9.64 Å². The predicted molar refractivity (Wildman–Crippen MR) is 121 cm³/mol. The summed E-state index contributed by atoms with van der Waals surface area (Å²) < 4.78 is 5.82. The Balaban J connectivity index is 1.69. The molecule has 0 aliphatic heterocycles. The van der Waals surface area contributed by atoms with E-state index < -0.39 is 0 Å². The summed E-state index contributed by atoms with van der Waals surface area (Å²) in [5.41, 5.74) is 1.63. The second kappa shape index (κ2) is 13.4. The number of carbonyl (C=O) groups excluding carboxylic acids is 1. The third-order valence-corrected chi connectivity index (χ3v) is 4.88. The first-order chi connectivity index (χ1) is 14.2. The molecule has 0 atom stereocenters. The molecular weight excluding hydrogens is 358 g/mol. The van der Waals surface area contributed by atoms with Crippen LogP contribution in [0.5, 0.6) is 5.75 Å². The van der Waals surface area contributed by atoms with E-state index in [0.717, 1.165) is 30.0 Å². The van der Waals surface area contributed by atoms with Crippen molar-refractivity contribution < 1.29 is 9.53 Å². The van der Waals surface area contributed by atoms with Gasteiger partial charge >= 0.3 is 5.91 Å². The van der Waals surface area contributed by atoms with Crippen LogP contribution in [0.1, 0.15) is 63.9 Å².